The number of carbonyl (C=O) groups excluding carboxylic acids is 2. The molecular weight excluding hydrogens is 462 g/mol. The molecule has 0 aliphatic carbocycles. The summed E-state index contributed by atoms with van der Waals surface area (Å²) in [4.78, 5) is 27.4. The van der Waals surface area contributed by atoms with E-state index >= 15 is 0 Å². The average molecular weight is 498 g/mol. The minimum atomic E-state index is -3.84. The van der Waals surface area contributed by atoms with E-state index in [1.807, 2.05) is 18.2 Å². The molecule has 0 saturated carbocycles. The van der Waals surface area contributed by atoms with Gasteiger partial charge in [0.1, 0.15) is 6.04 Å². The highest BCUT2D eigenvalue weighted by molar-refractivity contribution is 7.89. The molecule has 0 spiro atoms. The second kappa shape index (κ2) is 11.5. The van der Waals surface area contributed by atoms with Crippen molar-refractivity contribution in [1.82, 2.24) is 14.5 Å². The van der Waals surface area contributed by atoms with Crippen molar-refractivity contribution >= 4 is 21.7 Å². The van der Waals surface area contributed by atoms with Gasteiger partial charge in [-0.05, 0) is 56.8 Å². The molecule has 2 aromatic rings. The van der Waals surface area contributed by atoms with E-state index in [1.54, 1.807) is 0 Å². The van der Waals surface area contributed by atoms with Crippen molar-refractivity contribution in [1.29, 1.82) is 0 Å². The second-order valence-electron chi connectivity index (χ2n) is 9.56. The quantitative estimate of drug-likeness (QED) is 0.563. The first-order valence-electron chi connectivity index (χ1n) is 12.5. The van der Waals surface area contributed by atoms with Crippen LogP contribution in [-0.2, 0) is 21.4 Å². The predicted octanol–water partition coefficient (Wildman–Crippen LogP) is 3.60. The number of hydrogen-bond acceptors (Lipinski definition) is 5. The zero-order valence-electron chi connectivity index (χ0n) is 20.4. The highest BCUT2D eigenvalue weighted by atomic mass is 32.2. The summed E-state index contributed by atoms with van der Waals surface area (Å²) in [5.41, 5.74) is 1.72. The van der Waals surface area contributed by atoms with E-state index < -0.39 is 16.1 Å². The summed E-state index contributed by atoms with van der Waals surface area (Å²) in [6.45, 7) is 4.13. The van der Waals surface area contributed by atoms with Crippen LogP contribution in [0.5, 0.6) is 0 Å². The first-order chi connectivity index (χ1) is 16.9. The van der Waals surface area contributed by atoms with E-state index in [1.165, 1.54) is 41.1 Å². The molecular formula is C27H35N3O4S. The second-order valence-corrected chi connectivity index (χ2v) is 11.4. The van der Waals surface area contributed by atoms with Gasteiger partial charge in [0, 0.05) is 31.2 Å². The Morgan fingerprint density at radius 3 is 2.31 bits per heavy atom. The fourth-order valence-electron chi connectivity index (χ4n) is 5.11. The summed E-state index contributed by atoms with van der Waals surface area (Å²) >= 11 is 0. The number of carbonyl (C=O) groups is 2. The van der Waals surface area contributed by atoms with Gasteiger partial charge in [0.05, 0.1) is 4.90 Å². The first kappa shape index (κ1) is 25.5. The molecule has 2 saturated heterocycles. The molecule has 1 amide bonds. The van der Waals surface area contributed by atoms with Crippen molar-refractivity contribution in [3.8, 4) is 0 Å². The molecule has 2 aromatic carbocycles. The Bertz CT molecular complexity index is 1120. The van der Waals surface area contributed by atoms with Crippen molar-refractivity contribution in [3.05, 3.63) is 65.7 Å². The molecule has 0 bridgehead atoms. The van der Waals surface area contributed by atoms with Crippen LogP contribution < -0.4 is 5.32 Å². The van der Waals surface area contributed by atoms with Gasteiger partial charge in [-0.1, -0.05) is 55.3 Å². The monoisotopic (exact) mass is 497 g/mol. The van der Waals surface area contributed by atoms with Gasteiger partial charge in [-0.25, -0.2) is 8.42 Å². The Hall–Kier alpha value is -2.55. The number of sulfonamides is 1. The summed E-state index contributed by atoms with van der Waals surface area (Å²) in [6, 6.07) is 15.8. The molecule has 0 aromatic heterocycles. The lowest BCUT2D eigenvalue weighted by Gasteiger charge is -2.37. The Morgan fingerprint density at radius 1 is 0.914 bits per heavy atom. The predicted molar refractivity (Wildman–Crippen MR) is 135 cm³/mol. The smallest absolute Gasteiger partial charge is 0.243 e. The van der Waals surface area contributed by atoms with Gasteiger partial charge in [-0.3, -0.25) is 14.5 Å². The molecule has 2 fully saturated rings. The van der Waals surface area contributed by atoms with Crippen LogP contribution in [0, 0.1) is 0 Å². The highest BCUT2D eigenvalue weighted by Gasteiger charge is 2.38. The molecule has 2 heterocycles. The summed E-state index contributed by atoms with van der Waals surface area (Å²) in [5.74, 6) is -0.341. The van der Waals surface area contributed by atoms with Crippen LogP contribution in [0.2, 0.25) is 0 Å². The van der Waals surface area contributed by atoms with E-state index in [4.69, 9.17) is 0 Å². The molecule has 2 unspecified atom stereocenters. The summed E-state index contributed by atoms with van der Waals surface area (Å²) in [7, 11) is -3.84. The van der Waals surface area contributed by atoms with E-state index in [0.29, 0.717) is 25.1 Å². The lowest BCUT2D eigenvalue weighted by Crippen LogP contribution is -2.54. The largest absolute Gasteiger partial charge is 0.353 e. The number of benzene rings is 2. The Labute approximate surface area is 208 Å². The van der Waals surface area contributed by atoms with Crippen molar-refractivity contribution in [2.24, 2.45) is 0 Å². The number of rotatable bonds is 8. The molecule has 2 atom stereocenters. The van der Waals surface area contributed by atoms with E-state index in [-0.39, 0.29) is 22.6 Å². The van der Waals surface area contributed by atoms with Crippen LogP contribution in [0.15, 0.2) is 59.5 Å². The van der Waals surface area contributed by atoms with Gasteiger partial charge in [0.25, 0.3) is 0 Å². The van der Waals surface area contributed by atoms with Crippen LogP contribution in [0.25, 0.3) is 0 Å². The fraction of sp³-hybridized carbons (Fsp3) is 0.481. The fourth-order valence-corrected chi connectivity index (χ4v) is 6.76. The zero-order valence-corrected chi connectivity index (χ0v) is 21.2. The van der Waals surface area contributed by atoms with Crippen LogP contribution in [0.4, 0.5) is 0 Å². The van der Waals surface area contributed by atoms with Gasteiger partial charge >= 0.3 is 0 Å². The number of ketones is 1. The summed E-state index contributed by atoms with van der Waals surface area (Å²) in [5, 5.41) is 3.08. The SMILES string of the molecule is CC(=O)c1ccc(S(=O)(=O)N2CCCCC2C(=O)NCC2CCCCN2Cc2ccccc2)cc1. The van der Waals surface area contributed by atoms with Crippen molar-refractivity contribution in [3.63, 3.8) is 0 Å². The maximum atomic E-state index is 13.4. The molecule has 188 valence electrons. The molecule has 8 heteroatoms. The third kappa shape index (κ3) is 6.18. The third-order valence-corrected chi connectivity index (χ3v) is 9.04. The third-order valence-electron chi connectivity index (χ3n) is 7.11. The van der Waals surface area contributed by atoms with E-state index in [2.05, 4.69) is 22.3 Å². The molecule has 4 rings (SSSR count). The van der Waals surface area contributed by atoms with Gasteiger partial charge in [0.15, 0.2) is 5.78 Å². The zero-order chi connectivity index (χ0) is 24.8. The maximum absolute atomic E-state index is 13.4. The molecule has 2 aliphatic rings. The molecule has 35 heavy (non-hydrogen) atoms. The number of hydrogen-bond donors (Lipinski definition) is 1. The number of amides is 1. The van der Waals surface area contributed by atoms with Crippen molar-refractivity contribution in [2.75, 3.05) is 19.6 Å². The highest BCUT2D eigenvalue weighted by Crippen LogP contribution is 2.26. The number of nitrogens with zero attached hydrogens (tertiary/aromatic N) is 2. The summed E-state index contributed by atoms with van der Waals surface area (Å²) < 4.78 is 28.1. The molecule has 1 N–H and O–H groups in total. The minimum Gasteiger partial charge on any atom is -0.353 e. The lowest BCUT2D eigenvalue weighted by atomic mass is 10.00. The van der Waals surface area contributed by atoms with E-state index in [0.717, 1.165) is 45.2 Å². The normalized spacial score (nSPS) is 22.0. The number of likely N-dealkylation sites (tertiary alicyclic amines) is 1. The van der Waals surface area contributed by atoms with E-state index in [9.17, 15) is 18.0 Å². The van der Waals surface area contributed by atoms with Gasteiger partial charge in [0.2, 0.25) is 15.9 Å². The first-order valence-corrected chi connectivity index (χ1v) is 14.0. The Morgan fingerprint density at radius 2 is 1.60 bits per heavy atom. The van der Waals surface area contributed by atoms with Crippen LogP contribution in [0.3, 0.4) is 0 Å². The average Bonchev–Trinajstić information content (AvgIpc) is 2.88. The molecule has 0 radical (unpaired) electrons. The van der Waals surface area contributed by atoms with Gasteiger partial charge in [-0.15, -0.1) is 0 Å². The number of piperidine rings is 2. The Kier molecular flexibility index (Phi) is 8.36. The van der Waals surface area contributed by atoms with Crippen LogP contribution in [0.1, 0.15) is 61.4 Å². The topological polar surface area (TPSA) is 86.8 Å². The van der Waals surface area contributed by atoms with Crippen molar-refractivity contribution < 1.29 is 18.0 Å². The number of nitrogens with one attached hydrogen (secondary N) is 1. The minimum absolute atomic E-state index is 0.114. The molecule has 2 aliphatic heterocycles. The van der Waals surface area contributed by atoms with Crippen molar-refractivity contribution in [2.45, 2.75) is 69.0 Å². The standard InChI is InChI=1S/C27H35N3O4S/c1-21(31)23-13-15-25(16-14-23)35(33,34)30-18-8-6-12-26(30)27(32)28-19-24-11-5-7-17-29(24)20-22-9-3-2-4-10-22/h2-4,9-10,13-16,24,26H,5-8,11-12,17-20H2,1H3,(H,28,32). The maximum Gasteiger partial charge on any atom is 0.243 e. The number of Topliss-reactive ketones (excluding diaryl/α,β-unsaturated/α-hetero) is 1. The van der Waals surface area contributed by atoms with Gasteiger partial charge < -0.3 is 5.32 Å². The Balaban J connectivity index is 1.43. The van der Waals surface area contributed by atoms with Crippen LogP contribution >= 0.6 is 0 Å². The van der Waals surface area contributed by atoms with Crippen LogP contribution in [-0.4, -0.2) is 61.0 Å². The lowest BCUT2D eigenvalue weighted by molar-refractivity contribution is -0.126. The molecule has 7 nitrogen and oxygen atoms in total. The summed E-state index contributed by atoms with van der Waals surface area (Å²) in [6.07, 6.45) is 5.34. The van der Waals surface area contributed by atoms with Gasteiger partial charge in [-0.2, -0.15) is 4.31 Å².